The zero-order valence-electron chi connectivity index (χ0n) is 10.2. The van der Waals surface area contributed by atoms with Crippen molar-refractivity contribution >= 4 is 11.9 Å². The van der Waals surface area contributed by atoms with Crippen LogP contribution in [-0.2, 0) is 9.59 Å². The highest BCUT2D eigenvalue weighted by atomic mass is 16.4. The Morgan fingerprint density at radius 2 is 2.06 bits per heavy atom. The fraction of sp³-hybridized carbons (Fsp3) is 0.818. The molecule has 0 aliphatic carbocycles. The number of carboxylic acid groups (broad SMARTS) is 1. The summed E-state index contributed by atoms with van der Waals surface area (Å²) in [6.07, 6.45) is 0.567. The van der Waals surface area contributed by atoms with Crippen molar-refractivity contribution in [3.63, 3.8) is 0 Å². The highest BCUT2D eigenvalue weighted by Crippen LogP contribution is 1.97. The topological polar surface area (TPSA) is 81.7 Å². The third-order valence-corrected chi connectivity index (χ3v) is 2.78. The van der Waals surface area contributed by atoms with Gasteiger partial charge in [0.25, 0.3) is 0 Å². The second-order valence-electron chi connectivity index (χ2n) is 4.43. The largest absolute Gasteiger partial charge is 0.481 e. The molecule has 3 N–H and O–H groups in total. The lowest BCUT2D eigenvalue weighted by Crippen LogP contribution is -2.48. The van der Waals surface area contributed by atoms with E-state index in [1.165, 1.54) is 0 Å². The second-order valence-corrected chi connectivity index (χ2v) is 4.43. The number of hydrogen-bond acceptors (Lipinski definition) is 4. The highest BCUT2D eigenvalue weighted by molar-refractivity contribution is 5.78. The molecular weight excluding hydrogens is 222 g/mol. The van der Waals surface area contributed by atoms with Crippen LogP contribution in [0.3, 0.4) is 0 Å². The number of carboxylic acids is 1. The van der Waals surface area contributed by atoms with Gasteiger partial charge in [-0.1, -0.05) is 0 Å². The Morgan fingerprint density at radius 3 is 2.65 bits per heavy atom. The number of aliphatic carboxylic acids is 1. The van der Waals surface area contributed by atoms with Gasteiger partial charge in [0.2, 0.25) is 5.91 Å². The van der Waals surface area contributed by atoms with Gasteiger partial charge in [0, 0.05) is 38.6 Å². The molecule has 1 saturated heterocycles. The van der Waals surface area contributed by atoms with Crippen molar-refractivity contribution in [2.45, 2.75) is 25.8 Å². The smallest absolute Gasteiger partial charge is 0.303 e. The number of hydrogen-bond donors (Lipinski definition) is 3. The molecule has 1 aliphatic heterocycles. The number of nitrogens with one attached hydrogen (secondary N) is 2. The van der Waals surface area contributed by atoms with Crippen LogP contribution >= 0.6 is 0 Å². The monoisotopic (exact) mass is 243 g/mol. The van der Waals surface area contributed by atoms with Gasteiger partial charge >= 0.3 is 5.97 Å². The summed E-state index contributed by atoms with van der Waals surface area (Å²) < 4.78 is 0. The van der Waals surface area contributed by atoms with Crippen LogP contribution in [0.5, 0.6) is 0 Å². The van der Waals surface area contributed by atoms with Gasteiger partial charge in [-0.25, -0.2) is 0 Å². The van der Waals surface area contributed by atoms with E-state index >= 15 is 0 Å². The molecule has 0 radical (unpaired) electrons. The summed E-state index contributed by atoms with van der Waals surface area (Å²) in [5, 5.41) is 14.6. The van der Waals surface area contributed by atoms with Gasteiger partial charge < -0.3 is 15.7 Å². The van der Waals surface area contributed by atoms with Crippen LogP contribution < -0.4 is 10.6 Å². The minimum absolute atomic E-state index is 0.0233. The van der Waals surface area contributed by atoms with Crippen molar-refractivity contribution in [1.29, 1.82) is 0 Å². The molecule has 1 rings (SSSR count). The maximum Gasteiger partial charge on any atom is 0.303 e. The quantitative estimate of drug-likeness (QED) is 0.572. The van der Waals surface area contributed by atoms with E-state index in [1.54, 1.807) is 0 Å². The summed E-state index contributed by atoms with van der Waals surface area (Å²) in [6, 6.07) is -0.0819. The van der Waals surface area contributed by atoms with Gasteiger partial charge in [0.15, 0.2) is 0 Å². The third kappa shape index (κ3) is 6.23. The molecule has 1 fully saturated rings. The lowest BCUT2D eigenvalue weighted by Gasteiger charge is -2.27. The SMILES string of the molecule is CC(CCC(=O)O)NC(=O)CN1CCNCC1. The van der Waals surface area contributed by atoms with Crippen molar-refractivity contribution in [1.82, 2.24) is 15.5 Å². The van der Waals surface area contributed by atoms with E-state index in [4.69, 9.17) is 5.11 Å². The first-order chi connectivity index (χ1) is 8.08. The van der Waals surface area contributed by atoms with E-state index in [0.29, 0.717) is 13.0 Å². The number of amides is 1. The Balaban J connectivity index is 2.16. The summed E-state index contributed by atoms with van der Waals surface area (Å²) in [6.45, 7) is 5.84. The molecule has 1 heterocycles. The summed E-state index contributed by atoms with van der Waals surface area (Å²) >= 11 is 0. The molecule has 0 saturated carbocycles. The van der Waals surface area contributed by atoms with Gasteiger partial charge in [-0.15, -0.1) is 0 Å². The van der Waals surface area contributed by atoms with Crippen LogP contribution in [-0.4, -0.2) is 60.6 Å². The van der Waals surface area contributed by atoms with E-state index in [2.05, 4.69) is 15.5 Å². The average molecular weight is 243 g/mol. The molecule has 17 heavy (non-hydrogen) atoms. The average Bonchev–Trinajstić information content (AvgIpc) is 2.27. The first-order valence-electron chi connectivity index (χ1n) is 6.02. The normalized spacial score (nSPS) is 18.6. The first-order valence-corrected chi connectivity index (χ1v) is 6.02. The van der Waals surface area contributed by atoms with Crippen LogP contribution in [0.25, 0.3) is 0 Å². The lowest BCUT2D eigenvalue weighted by atomic mass is 10.2. The van der Waals surface area contributed by atoms with Crippen molar-refractivity contribution < 1.29 is 14.7 Å². The maximum absolute atomic E-state index is 11.6. The van der Waals surface area contributed by atoms with E-state index in [-0.39, 0.29) is 18.4 Å². The molecule has 0 aromatic rings. The summed E-state index contributed by atoms with van der Waals surface area (Å²) in [5.41, 5.74) is 0. The van der Waals surface area contributed by atoms with E-state index in [0.717, 1.165) is 26.2 Å². The number of piperazine rings is 1. The minimum Gasteiger partial charge on any atom is -0.481 e. The molecule has 1 amide bonds. The number of carbonyl (C=O) groups is 2. The molecule has 1 aliphatic rings. The molecule has 98 valence electrons. The van der Waals surface area contributed by atoms with Gasteiger partial charge in [-0.05, 0) is 13.3 Å². The Kier molecular flexibility index (Phi) is 5.93. The maximum atomic E-state index is 11.6. The van der Waals surface area contributed by atoms with Crippen LogP contribution in [0.4, 0.5) is 0 Å². The van der Waals surface area contributed by atoms with Crippen molar-refractivity contribution in [2.75, 3.05) is 32.7 Å². The summed E-state index contributed by atoms with van der Waals surface area (Å²) in [5.74, 6) is -0.849. The van der Waals surface area contributed by atoms with E-state index in [9.17, 15) is 9.59 Å². The standard InChI is InChI=1S/C11H21N3O3/c1-9(2-3-11(16)17)13-10(15)8-14-6-4-12-5-7-14/h9,12H,2-8H2,1H3,(H,13,15)(H,16,17). The molecule has 0 aromatic carbocycles. The van der Waals surface area contributed by atoms with Gasteiger partial charge in [0.1, 0.15) is 0 Å². The predicted molar refractivity (Wildman–Crippen MR) is 63.8 cm³/mol. The first kappa shape index (κ1) is 13.9. The summed E-state index contributed by atoms with van der Waals surface area (Å²) in [7, 11) is 0. The third-order valence-electron chi connectivity index (χ3n) is 2.78. The second kappa shape index (κ2) is 7.24. The summed E-state index contributed by atoms with van der Waals surface area (Å²) in [4.78, 5) is 24.1. The van der Waals surface area contributed by atoms with Crippen LogP contribution in [0.2, 0.25) is 0 Å². The lowest BCUT2D eigenvalue weighted by molar-refractivity contribution is -0.137. The zero-order chi connectivity index (χ0) is 12.7. The Hall–Kier alpha value is -1.14. The van der Waals surface area contributed by atoms with Gasteiger partial charge in [-0.3, -0.25) is 14.5 Å². The molecule has 0 spiro atoms. The molecule has 1 atom stereocenters. The van der Waals surface area contributed by atoms with Crippen molar-refractivity contribution in [3.8, 4) is 0 Å². The number of rotatable bonds is 6. The molecule has 6 nitrogen and oxygen atoms in total. The molecular formula is C11H21N3O3. The number of nitrogens with zero attached hydrogens (tertiary/aromatic N) is 1. The Bertz CT molecular complexity index is 265. The van der Waals surface area contributed by atoms with E-state index < -0.39 is 5.97 Å². The van der Waals surface area contributed by atoms with Crippen molar-refractivity contribution in [3.05, 3.63) is 0 Å². The Labute approximate surface area is 101 Å². The minimum atomic E-state index is -0.826. The molecule has 0 bridgehead atoms. The van der Waals surface area contributed by atoms with Crippen molar-refractivity contribution in [2.24, 2.45) is 0 Å². The van der Waals surface area contributed by atoms with Gasteiger partial charge in [-0.2, -0.15) is 0 Å². The fourth-order valence-corrected chi connectivity index (χ4v) is 1.80. The zero-order valence-corrected chi connectivity index (χ0v) is 10.2. The molecule has 6 heteroatoms. The number of carbonyl (C=O) groups excluding carboxylic acids is 1. The predicted octanol–water partition coefficient (Wildman–Crippen LogP) is -0.739. The van der Waals surface area contributed by atoms with Crippen LogP contribution in [0.15, 0.2) is 0 Å². The van der Waals surface area contributed by atoms with Crippen LogP contribution in [0, 0.1) is 0 Å². The van der Waals surface area contributed by atoms with Crippen LogP contribution in [0.1, 0.15) is 19.8 Å². The molecule has 0 aromatic heterocycles. The molecule has 1 unspecified atom stereocenters. The van der Waals surface area contributed by atoms with Gasteiger partial charge in [0.05, 0.1) is 6.54 Å². The van der Waals surface area contributed by atoms with E-state index in [1.807, 2.05) is 6.92 Å². The fourth-order valence-electron chi connectivity index (χ4n) is 1.80. The highest BCUT2D eigenvalue weighted by Gasteiger charge is 2.15. The Morgan fingerprint density at radius 1 is 1.41 bits per heavy atom.